The summed E-state index contributed by atoms with van der Waals surface area (Å²) in [6.45, 7) is 0.605. The Morgan fingerprint density at radius 3 is 2.63 bits per heavy atom. The first-order chi connectivity index (χ1) is 9.02. The van der Waals surface area contributed by atoms with Crippen molar-refractivity contribution < 1.29 is 24.2 Å². The van der Waals surface area contributed by atoms with Gasteiger partial charge in [-0.3, -0.25) is 4.79 Å². The van der Waals surface area contributed by atoms with Crippen LogP contribution in [-0.4, -0.2) is 76.3 Å². The molecule has 0 radical (unpaired) electrons. The van der Waals surface area contributed by atoms with Crippen molar-refractivity contribution in [1.29, 1.82) is 0 Å². The average Bonchev–Trinajstić information content (AvgIpc) is 2.87. The first kappa shape index (κ1) is 13.9. The molecule has 9 heteroatoms. The highest BCUT2D eigenvalue weighted by molar-refractivity contribution is 7.99. The van der Waals surface area contributed by atoms with Gasteiger partial charge in [-0.05, 0) is 0 Å². The smallest absolute Gasteiger partial charge is 0.327 e. The van der Waals surface area contributed by atoms with Crippen molar-refractivity contribution in [3.05, 3.63) is 0 Å². The van der Waals surface area contributed by atoms with Gasteiger partial charge in [-0.2, -0.15) is 0 Å². The summed E-state index contributed by atoms with van der Waals surface area (Å²) in [6, 6.07) is -2.15. The van der Waals surface area contributed by atoms with Gasteiger partial charge in [-0.15, -0.1) is 11.8 Å². The van der Waals surface area contributed by atoms with Crippen molar-refractivity contribution >= 4 is 29.7 Å². The number of rotatable bonds is 2. The average molecular weight is 289 g/mol. The van der Waals surface area contributed by atoms with E-state index in [1.807, 2.05) is 0 Å². The fraction of sp³-hybridized carbons (Fsp3) is 0.700. The monoisotopic (exact) mass is 289 g/mol. The van der Waals surface area contributed by atoms with Crippen LogP contribution in [0.2, 0.25) is 0 Å². The van der Waals surface area contributed by atoms with E-state index in [4.69, 9.17) is 15.6 Å². The molecule has 0 aromatic carbocycles. The molecule has 0 bridgehead atoms. The van der Waals surface area contributed by atoms with Gasteiger partial charge in [0.15, 0.2) is 0 Å². The highest BCUT2D eigenvalue weighted by Crippen LogP contribution is 2.23. The third-order valence-corrected chi connectivity index (χ3v) is 4.13. The van der Waals surface area contributed by atoms with Crippen LogP contribution in [0.15, 0.2) is 0 Å². The van der Waals surface area contributed by atoms with Crippen LogP contribution in [-0.2, 0) is 14.3 Å². The van der Waals surface area contributed by atoms with Crippen LogP contribution in [0.1, 0.15) is 0 Å². The molecular formula is C10H15N3O5S. The van der Waals surface area contributed by atoms with Crippen molar-refractivity contribution in [1.82, 2.24) is 9.80 Å². The predicted molar refractivity (Wildman–Crippen MR) is 66.5 cm³/mol. The van der Waals surface area contributed by atoms with E-state index in [0.717, 1.165) is 0 Å². The largest absolute Gasteiger partial charge is 0.480 e. The molecule has 106 valence electrons. The minimum atomic E-state index is -1.04. The van der Waals surface area contributed by atoms with Gasteiger partial charge in [0.2, 0.25) is 5.91 Å². The number of nitrogens with two attached hydrogens (primary N) is 1. The number of amides is 3. The molecule has 2 saturated heterocycles. The maximum atomic E-state index is 12.3. The Kier molecular flexibility index (Phi) is 4.15. The van der Waals surface area contributed by atoms with Gasteiger partial charge in [-0.25, -0.2) is 9.59 Å². The molecule has 0 aromatic heterocycles. The van der Waals surface area contributed by atoms with E-state index in [9.17, 15) is 14.4 Å². The van der Waals surface area contributed by atoms with E-state index < -0.39 is 30.0 Å². The molecule has 0 aromatic rings. The van der Waals surface area contributed by atoms with Crippen LogP contribution in [0.25, 0.3) is 0 Å². The van der Waals surface area contributed by atoms with Gasteiger partial charge in [0, 0.05) is 12.3 Å². The molecule has 0 spiro atoms. The summed E-state index contributed by atoms with van der Waals surface area (Å²) < 4.78 is 5.13. The standard InChI is InChI=1S/C10H15N3O5S/c11-8(14)6-3-18-2-1-12(6)10(17)13-5-19-4-7(13)9(15)16/h6-7H,1-5H2,(H2,11,14)(H,15,16)/t6?,7-/m0/s1. The fourth-order valence-corrected chi connectivity index (χ4v) is 3.21. The maximum Gasteiger partial charge on any atom is 0.327 e. The zero-order valence-corrected chi connectivity index (χ0v) is 11.0. The second-order valence-electron chi connectivity index (χ2n) is 4.29. The molecule has 8 nitrogen and oxygen atoms in total. The number of ether oxygens (including phenoxy) is 1. The Morgan fingerprint density at radius 2 is 2.00 bits per heavy atom. The van der Waals surface area contributed by atoms with Crippen molar-refractivity contribution in [2.24, 2.45) is 5.73 Å². The number of hydrogen-bond acceptors (Lipinski definition) is 5. The summed E-state index contributed by atoms with van der Waals surface area (Å²) in [6.07, 6.45) is 0. The number of morpholine rings is 1. The topological polar surface area (TPSA) is 113 Å². The molecular weight excluding hydrogens is 274 g/mol. The second kappa shape index (κ2) is 5.66. The van der Waals surface area contributed by atoms with Crippen molar-refractivity contribution in [2.75, 3.05) is 31.4 Å². The zero-order valence-electron chi connectivity index (χ0n) is 10.2. The predicted octanol–water partition coefficient (Wildman–Crippen LogP) is -1.25. The van der Waals surface area contributed by atoms with Crippen molar-refractivity contribution in [2.45, 2.75) is 12.1 Å². The number of urea groups is 1. The molecule has 2 aliphatic rings. The normalized spacial score (nSPS) is 27.4. The Balaban J connectivity index is 2.13. The SMILES string of the molecule is NC(=O)C1COCCN1C(=O)N1CSC[C@H]1C(=O)O. The van der Waals surface area contributed by atoms with Crippen LogP contribution < -0.4 is 5.73 Å². The van der Waals surface area contributed by atoms with E-state index in [1.165, 1.54) is 21.6 Å². The zero-order chi connectivity index (χ0) is 14.0. The second-order valence-corrected chi connectivity index (χ2v) is 5.29. The first-order valence-corrected chi connectivity index (χ1v) is 6.92. The van der Waals surface area contributed by atoms with Crippen molar-refractivity contribution in [3.8, 4) is 0 Å². The lowest BCUT2D eigenvalue weighted by molar-refractivity contribution is -0.141. The third kappa shape index (κ3) is 2.76. The van der Waals surface area contributed by atoms with Crippen LogP contribution in [0.5, 0.6) is 0 Å². The molecule has 19 heavy (non-hydrogen) atoms. The Labute approximate surface area is 113 Å². The Bertz CT molecular complexity index is 405. The van der Waals surface area contributed by atoms with E-state index in [1.54, 1.807) is 0 Å². The van der Waals surface area contributed by atoms with E-state index in [-0.39, 0.29) is 13.2 Å². The number of carboxylic acid groups (broad SMARTS) is 1. The van der Waals surface area contributed by atoms with Crippen LogP contribution >= 0.6 is 11.8 Å². The van der Waals surface area contributed by atoms with Crippen LogP contribution in [0.3, 0.4) is 0 Å². The van der Waals surface area contributed by atoms with Gasteiger partial charge in [-0.1, -0.05) is 0 Å². The summed E-state index contributed by atoms with van der Waals surface area (Å²) in [7, 11) is 0. The quantitative estimate of drug-likeness (QED) is 0.657. The summed E-state index contributed by atoms with van der Waals surface area (Å²) in [5.74, 6) is -1.03. The summed E-state index contributed by atoms with van der Waals surface area (Å²) in [5, 5.41) is 9.06. The Morgan fingerprint density at radius 1 is 1.26 bits per heavy atom. The highest BCUT2D eigenvalue weighted by atomic mass is 32.2. The molecule has 0 aliphatic carbocycles. The maximum absolute atomic E-state index is 12.3. The fourth-order valence-electron chi connectivity index (χ4n) is 2.07. The molecule has 3 amide bonds. The molecule has 2 heterocycles. The molecule has 2 atom stereocenters. The van der Waals surface area contributed by atoms with Crippen molar-refractivity contribution in [3.63, 3.8) is 0 Å². The van der Waals surface area contributed by atoms with E-state index in [2.05, 4.69) is 0 Å². The molecule has 0 saturated carbocycles. The molecule has 2 aliphatic heterocycles. The number of primary amides is 1. The van der Waals surface area contributed by atoms with Crippen LogP contribution in [0, 0.1) is 0 Å². The number of thioether (sulfide) groups is 1. The minimum absolute atomic E-state index is 0.0554. The van der Waals surface area contributed by atoms with Gasteiger partial charge in [0.25, 0.3) is 0 Å². The summed E-state index contributed by atoms with van der Waals surface area (Å²) in [4.78, 5) is 37.3. The van der Waals surface area contributed by atoms with E-state index >= 15 is 0 Å². The third-order valence-electron chi connectivity index (χ3n) is 3.12. The lowest BCUT2D eigenvalue weighted by Gasteiger charge is -2.36. The van der Waals surface area contributed by atoms with Gasteiger partial charge >= 0.3 is 12.0 Å². The molecule has 3 N–H and O–H groups in total. The van der Waals surface area contributed by atoms with E-state index in [0.29, 0.717) is 18.2 Å². The minimum Gasteiger partial charge on any atom is -0.480 e. The summed E-state index contributed by atoms with van der Waals surface area (Å²) >= 11 is 1.37. The number of carbonyl (C=O) groups is 3. The lowest BCUT2D eigenvalue weighted by Crippen LogP contribution is -2.59. The van der Waals surface area contributed by atoms with Gasteiger partial charge < -0.3 is 25.4 Å². The lowest BCUT2D eigenvalue weighted by atomic mass is 10.2. The Hall–Kier alpha value is -1.48. The van der Waals surface area contributed by atoms with Gasteiger partial charge in [0.1, 0.15) is 12.1 Å². The van der Waals surface area contributed by atoms with Gasteiger partial charge in [0.05, 0.1) is 19.1 Å². The number of hydrogen-bond donors (Lipinski definition) is 2. The molecule has 1 unspecified atom stereocenters. The number of nitrogens with zero attached hydrogens (tertiary/aromatic N) is 2. The number of carbonyl (C=O) groups excluding carboxylic acids is 2. The number of aliphatic carboxylic acids is 1. The highest BCUT2D eigenvalue weighted by Gasteiger charge is 2.40. The van der Waals surface area contributed by atoms with Crippen LogP contribution in [0.4, 0.5) is 4.79 Å². The molecule has 2 fully saturated rings. The first-order valence-electron chi connectivity index (χ1n) is 5.77. The number of carboxylic acids is 1. The summed E-state index contributed by atoms with van der Waals surface area (Å²) in [5.41, 5.74) is 5.24. The molecule has 2 rings (SSSR count).